The molecular formula is C11H12N2O3. The molecule has 0 aromatic carbocycles. The number of hydrogen-bond acceptors (Lipinski definition) is 5. The summed E-state index contributed by atoms with van der Waals surface area (Å²) >= 11 is 0. The van der Waals surface area contributed by atoms with Gasteiger partial charge < -0.3 is 9.47 Å². The van der Waals surface area contributed by atoms with Crippen molar-refractivity contribution in [3.05, 3.63) is 43.4 Å². The van der Waals surface area contributed by atoms with Gasteiger partial charge in [-0.05, 0) is 0 Å². The van der Waals surface area contributed by atoms with Crippen molar-refractivity contribution in [2.45, 2.75) is 0 Å². The fourth-order valence-corrected chi connectivity index (χ4v) is 0.869. The highest BCUT2D eigenvalue weighted by Gasteiger charge is 2.09. The Morgan fingerprint density at radius 1 is 1.31 bits per heavy atom. The van der Waals surface area contributed by atoms with Crippen molar-refractivity contribution in [1.29, 1.82) is 0 Å². The van der Waals surface area contributed by atoms with Crippen molar-refractivity contribution in [3.63, 3.8) is 0 Å². The van der Waals surface area contributed by atoms with Crippen LogP contribution in [0.4, 0.5) is 0 Å². The third kappa shape index (κ3) is 3.53. The van der Waals surface area contributed by atoms with Gasteiger partial charge in [0, 0.05) is 0 Å². The molecule has 16 heavy (non-hydrogen) atoms. The number of esters is 1. The quantitative estimate of drug-likeness (QED) is 0.535. The van der Waals surface area contributed by atoms with Gasteiger partial charge in [-0.15, -0.1) is 0 Å². The molecule has 0 unspecified atom stereocenters. The number of rotatable bonds is 6. The van der Waals surface area contributed by atoms with E-state index in [1.165, 1.54) is 18.5 Å². The highest BCUT2D eigenvalue weighted by atomic mass is 16.5. The van der Waals surface area contributed by atoms with Gasteiger partial charge in [0.15, 0.2) is 5.69 Å². The summed E-state index contributed by atoms with van der Waals surface area (Å²) in [5.74, 6) is -0.301. The number of hydrogen-bond donors (Lipinski definition) is 0. The lowest BCUT2D eigenvalue weighted by Crippen LogP contribution is -2.09. The summed E-state index contributed by atoms with van der Waals surface area (Å²) < 4.78 is 9.93. The van der Waals surface area contributed by atoms with E-state index in [4.69, 9.17) is 9.47 Å². The first kappa shape index (κ1) is 11.9. The predicted molar refractivity (Wildman–Crippen MR) is 58.2 cm³/mol. The van der Waals surface area contributed by atoms with Gasteiger partial charge >= 0.3 is 5.97 Å². The largest absolute Gasteiger partial charge is 0.472 e. The average Bonchev–Trinajstić information content (AvgIpc) is 2.33. The Balaban J connectivity index is 2.69. The Hall–Kier alpha value is -2.17. The van der Waals surface area contributed by atoms with E-state index in [0.717, 1.165) is 0 Å². The van der Waals surface area contributed by atoms with Crippen molar-refractivity contribution in [2.24, 2.45) is 0 Å². The van der Waals surface area contributed by atoms with Crippen molar-refractivity contribution in [3.8, 4) is 5.88 Å². The van der Waals surface area contributed by atoms with E-state index in [2.05, 4.69) is 23.1 Å². The zero-order valence-corrected chi connectivity index (χ0v) is 8.76. The summed E-state index contributed by atoms with van der Waals surface area (Å²) in [6.45, 7) is 7.38. The maximum absolute atomic E-state index is 11.4. The zero-order valence-electron chi connectivity index (χ0n) is 8.76. The molecule has 1 aromatic heterocycles. The van der Waals surface area contributed by atoms with Gasteiger partial charge in [0.25, 0.3) is 0 Å². The van der Waals surface area contributed by atoms with Crippen LogP contribution in [0.3, 0.4) is 0 Å². The molecule has 0 aliphatic carbocycles. The molecule has 5 heteroatoms. The van der Waals surface area contributed by atoms with Gasteiger partial charge in [0.1, 0.15) is 13.2 Å². The molecular weight excluding hydrogens is 208 g/mol. The number of nitrogens with zero attached hydrogens (tertiary/aromatic N) is 2. The molecule has 0 bridgehead atoms. The molecule has 0 saturated heterocycles. The maximum atomic E-state index is 11.4. The van der Waals surface area contributed by atoms with Gasteiger partial charge in [0.05, 0.1) is 12.4 Å². The van der Waals surface area contributed by atoms with E-state index in [0.29, 0.717) is 6.61 Å². The summed E-state index contributed by atoms with van der Waals surface area (Å²) in [6.07, 6.45) is 5.77. The van der Waals surface area contributed by atoms with Crippen LogP contribution < -0.4 is 4.74 Å². The van der Waals surface area contributed by atoms with E-state index in [1.54, 1.807) is 6.08 Å². The molecule has 0 radical (unpaired) electrons. The van der Waals surface area contributed by atoms with Crippen LogP contribution in [0.5, 0.6) is 5.88 Å². The number of aromatic nitrogens is 2. The van der Waals surface area contributed by atoms with Crippen LogP contribution in [-0.4, -0.2) is 29.2 Å². The van der Waals surface area contributed by atoms with E-state index in [9.17, 15) is 4.79 Å². The van der Waals surface area contributed by atoms with Gasteiger partial charge in [-0.25, -0.2) is 9.78 Å². The number of ether oxygens (including phenoxy) is 2. The number of carbonyl (C=O) groups is 1. The first-order valence-electron chi connectivity index (χ1n) is 4.61. The normalized spacial score (nSPS) is 9.25. The van der Waals surface area contributed by atoms with E-state index < -0.39 is 5.97 Å². The lowest BCUT2D eigenvalue weighted by Gasteiger charge is -2.03. The van der Waals surface area contributed by atoms with E-state index in [1.807, 2.05) is 0 Å². The lowest BCUT2D eigenvalue weighted by molar-refractivity contribution is 0.0541. The van der Waals surface area contributed by atoms with Gasteiger partial charge in [-0.3, -0.25) is 4.98 Å². The maximum Gasteiger partial charge on any atom is 0.359 e. The average molecular weight is 220 g/mol. The van der Waals surface area contributed by atoms with Crippen LogP contribution in [0.15, 0.2) is 37.7 Å². The monoisotopic (exact) mass is 220 g/mol. The Morgan fingerprint density at radius 3 is 2.75 bits per heavy atom. The SMILES string of the molecule is C=CCOC(=O)c1cncc(OCC=C)n1. The topological polar surface area (TPSA) is 61.3 Å². The minimum atomic E-state index is -0.559. The van der Waals surface area contributed by atoms with Crippen molar-refractivity contribution >= 4 is 5.97 Å². The lowest BCUT2D eigenvalue weighted by atomic mass is 10.4. The molecule has 0 fully saturated rings. The smallest absolute Gasteiger partial charge is 0.359 e. The van der Waals surface area contributed by atoms with Crippen molar-refractivity contribution in [1.82, 2.24) is 9.97 Å². The molecule has 0 amide bonds. The highest BCUT2D eigenvalue weighted by Crippen LogP contribution is 2.06. The summed E-state index contributed by atoms with van der Waals surface area (Å²) in [5, 5.41) is 0. The summed E-state index contributed by atoms with van der Waals surface area (Å²) in [5.41, 5.74) is 0.100. The first-order valence-corrected chi connectivity index (χ1v) is 4.61. The second-order valence-corrected chi connectivity index (χ2v) is 2.73. The van der Waals surface area contributed by atoms with Gasteiger partial charge in [0.2, 0.25) is 5.88 Å². The number of carbonyl (C=O) groups excluding carboxylic acids is 1. The van der Waals surface area contributed by atoms with Gasteiger partial charge in [-0.2, -0.15) is 0 Å². The standard InChI is InChI=1S/C11H12N2O3/c1-3-5-15-10-8-12-7-9(13-10)11(14)16-6-4-2/h3-4,7-8H,1-2,5-6H2. The van der Waals surface area contributed by atoms with Crippen LogP contribution in [0.1, 0.15) is 10.5 Å². The van der Waals surface area contributed by atoms with Crippen LogP contribution in [0.2, 0.25) is 0 Å². The van der Waals surface area contributed by atoms with Crippen LogP contribution in [0, 0.1) is 0 Å². The fourth-order valence-electron chi connectivity index (χ4n) is 0.869. The summed E-state index contributed by atoms with van der Waals surface area (Å²) in [6, 6.07) is 0. The van der Waals surface area contributed by atoms with E-state index in [-0.39, 0.29) is 18.2 Å². The first-order chi connectivity index (χ1) is 7.77. The second-order valence-electron chi connectivity index (χ2n) is 2.73. The zero-order chi connectivity index (χ0) is 11.8. The van der Waals surface area contributed by atoms with Crippen molar-refractivity contribution in [2.75, 3.05) is 13.2 Å². The minimum absolute atomic E-state index is 0.100. The van der Waals surface area contributed by atoms with Crippen LogP contribution in [-0.2, 0) is 4.74 Å². The van der Waals surface area contributed by atoms with Crippen molar-refractivity contribution < 1.29 is 14.3 Å². The Labute approximate surface area is 93.4 Å². The second kappa shape index (κ2) is 6.34. The molecule has 0 atom stereocenters. The van der Waals surface area contributed by atoms with Crippen LogP contribution in [0.25, 0.3) is 0 Å². The van der Waals surface area contributed by atoms with Gasteiger partial charge in [-0.1, -0.05) is 25.3 Å². The predicted octanol–water partition coefficient (Wildman–Crippen LogP) is 1.38. The molecule has 1 rings (SSSR count). The fraction of sp³-hybridized carbons (Fsp3) is 0.182. The Kier molecular flexibility index (Phi) is 4.72. The third-order valence-corrected chi connectivity index (χ3v) is 1.50. The molecule has 0 aliphatic rings. The van der Waals surface area contributed by atoms with E-state index >= 15 is 0 Å². The molecule has 84 valence electrons. The molecule has 0 saturated carbocycles. The molecule has 1 heterocycles. The third-order valence-electron chi connectivity index (χ3n) is 1.50. The summed E-state index contributed by atoms with van der Waals surface area (Å²) in [7, 11) is 0. The summed E-state index contributed by atoms with van der Waals surface area (Å²) in [4.78, 5) is 19.1. The molecule has 1 aromatic rings. The van der Waals surface area contributed by atoms with Crippen LogP contribution >= 0.6 is 0 Å². The minimum Gasteiger partial charge on any atom is -0.472 e. The molecule has 0 aliphatic heterocycles. The molecule has 5 nitrogen and oxygen atoms in total. The molecule has 0 spiro atoms. The highest BCUT2D eigenvalue weighted by molar-refractivity contribution is 5.86. The Bertz CT molecular complexity index is 391. The molecule has 0 N–H and O–H groups in total. The Morgan fingerprint density at radius 2 is 2.06 bits per heavy atom.